The van der Waals surface area contributed by atoms with E-state index >= 15 is 0 Å². The van der Waals surface area contributed by atoms with E-state index in [1.165, 1.54) is 10.5 Å². The summed E-state index contributed by atoms with van der Waals surface area (Å²) in [7, 11) is 0. The molecule has 2 atom stereocenters. The second kappa shape index (κ2) is 8.51. The Morgan fingerprint density at radius 2 is 1.55 bits per heavy atom. The molecule has 0 spiro atoms. The minimum Gasteiger partial charge on any atom is -0.366 e. The smallest absolute Gasteiger partial charge is 0.278 e. The fraction of sp³-hybridized carbons (Fsp3) is 0.385. The third-order valence-corrected chi connectivity index (χ3v) is 6.63. The van der Waals surface area contributed by atoms with Crippen molar-refractivity contribution in [3.05, 3.63) is 75.4 Å². The summed E-state index contributed by atoms with van der Waals surface area (Å²) in [4.78, 5) is 30.7. The molecular weight excluding hydrogens is 408 g/mol. The standard InChI is InChI=1S/C26H29ClN2O2/c1-16-11-17(2)14-28(13-16)24-23(21-8-5-18(3)19(4)12-21)25(30)29(26(24)31)15-20-6-9-22(27)10-7-20/h5-10,12,16-17H,11,13-15H2,1-4H3. The number of hydrogen-bond donors (Lipinski definition) is 0. The Kier molecular flexibility index (Phi) is 5.94. The highest BCUT2D eigenvalue weighted by atomic mass is 35.5. The van der Waals surface area contributed by atoms with Crippen molar-refractivity contribution in [3.8, 4) is 0 Å². The van der Waals surface area contributed by atoms with Crippen LogP contribution in [0.4, 0.5) is 0 Å². The number of piperidine rings is 1. The molecular formula is C26H29ClN2O2. The molecule has 2 aliphatic heterocycles. The molecule has 0 aromatic heterocycles. The van der Waals surface area contributed by atoms with Crippen molar-refractivity contribution in [2.24, 2.45) is 11.8 Å². The SMILES string of the molecule is Cc1ccc(C2=C(N3CC(C)CC(C)C3)C(=O)N(Cc3ccc(Cl)cc3)C2=O)cc1C. The van der Waals surface area contributed by atoms with Gasteiger partial charge in [-0.25, -0.2) is 0 Å². The number of rotatable bonds is 4. The Labute approximate surface area is 189 Å². The number of halogens is 1. The lowest BCUT2D eigenvalue weighted by molar-refractivity contribution is -0.138. The summed E-state index contributed by atoms with van der Waals surface area (Å²) < 4.78 is 0. The fourth-order valence-electron chi connectivity index (χ4n) is 4.78. The second-order valence-corrected chi connectivity index (χ2v) is 9.63. The molecule has 5 heteroatoms. The lowest BCUT2D eigenvalue weighted by atomic mass is 9.90. The van der Waals surface area contributed by atoms with Gasteiger partial charge in [0.05, 0.1) is 12.1 Å². The number of aryl methyl sites for hydroxylation is 2. The third kappa shape index (κ3) is 4.27. The van der Waals surface area contributed by atoms with E-state index in [-0.39, 0.29) is 18.4 Å². The van der Waals surface area contributed by atoms with Gasteiger partial charge in [0.2, 0.25) is 0 Å². The zero-order valence-electron chi connectivity index (χ0n) is 18.6. The number of carbonyl (C=O) groups excluding carboxylic acids is 2. The van der Waals surface area contributed by atoms with Gasteiger partial charge in [0.1, 0.15) is 5.70 Å². The van der Waals surface area contributed by atoms with Crippen LogP contribution >= 0.6 is 11.6 Å². The Bertz CT molecular complexity index is 1050. The molecule has 162 valence electrons. The fourth-order valence-corrected chi connectivity index (χ4v) is 4.90. The Morgan fingerprint density at radius 1 is 0.903 bits per heavy atom. The minimum atomic E-state index is -0.218. The molecule has 2 amide bonds. The molecule has 31 heavy (non-hydrogen) atoms. The average molecular weight is 437 g/mol. The lowest BCUT2D eigenvalue weighted by Gasteiger charge is -2.37. The summed E-state index contributed by atoms with van der Waals surface area (Å²) in [6.45, 7) is 10.3. The molecule has 2 heterocycles. The summed E-state index contributed by atoms with van der Waals surface area (Å²) in [6, 6.07) is 13.3. The van der Waals surface area contributed by atoms with Crippen molar-refractivity contribution in [2.75, 3.05) is 13.1 Å². The van der Waals surface area contributed by atoms with Crippen molar-refractivity contribution in [1.82, 2.24) is 9.80 Å². The molecule has 0 radical (unpaired) electrons. The minimum absolute atomic E-state index is 0.200. The number of nitrogens with zero attached hydrogens (tertiary/aromatic N) is 2. The van der Waals surface area contributed by atoms with Gasteiger partial charge in [-0.2, -0.15) is 0 Å². The highest BCUT2D eigenvalue weighted by Crippen LogP contribution is 2.36. The van der Waals surface area contributed by atoms with E-state index in [1.807, 2.05) is 37.3 Å². The van der Waals surface area contributed by atoms with Gasteiger partial charge in [-0.05, 0) is 66.5 Å². The van der Waals surface area contributed by atoms with Gasteiger partial charge >= 0.3 is 0 Å². The van der Waals surface area contributed by atoms with Crippen molar-refractivity contribution >= 4 is 29.0 Å². The number of hydrogen-bond acceptors (Lipinski definition) is 3. The Hall–Kier alpha value is -2.59. The van der Waals surface area contributed by atoms with Gasteiger partial charge in [0.15, 0.2) is 0 Å². The van der Waals surface area contributed by atoms with Gasteiger partial charge in [-0.3, -0.25) is 14.5 Å². The highest BCUT2D eigenvalue weighted by Gasteiger charge is 2.42. The van der Waals surface area contributed by atoms with Crippen LogP contribution < -0.4 is 0 Å². The predicted octanol–water partition coefficient (Wildman–Crippen LogP) is 5.21. The maximum atomic E-state index is 13.6. The van der Waals surface area contributed by atoms with Crippen LogP contribution in [0.5, 0.6) is 0 Å². The molecule has 2 aromatic rings. The Morgan fingerprint density at radius 3 is 2.16 bits per heavy atom. The van der Waals surface area contributed by atoms with Crippen molar-refractivity contribution in [2.45, 2.75) is 40.7 Å². The van der Waals surface area contributed by atoms with Crippen LogP contribution in [0, 0.1) is 25.7 Å². The summed E-state index contributed by atoms with van der Waals surface area (Å²) in [6.07, 6.45) is 1.14. The zero-order chi connectivity index (χ0) is 22.3. The normalized spacial score (nSPS) is 22.0. The predicted molar refractivity (Wildman–Crippen MR) is 124 cm³/mol. The van der Waals surface area contributed by atoms with Gasteiger partial charge in [0, 0.05) is 18.1 Å². The van der Waals surface area contributed by atoms with Crippen LogP contribution in [0.15, 0.2) is 48.2 Å². The van der Waals surface area contributed by atoms with E-state index < -0.39 is 0 Å². The molecule has 0 aliphatic carbocycles. The summed E-state index contributed by atoms with van der Waals surface area (Å²) in [5, 5.41) is 0.633. The summed E-state index contributed by atoms with van der Waals surface area (Å²) >= 11 is 6.01. The number of benzene rings is 2. The van der Waals surface area contributed by atoms with E-state index in [4.69, 9.17) is 11.6 Å². The maximum absolute atomic E-state index is 13.6. The molecule has 4 nitrogen and oxygen atoms in total. The van der Waals surface area contributed by atoms with Crippen molar-refractivity contribution in [1.29, 1.82) is 0 Å². The summed E-state index contributed by atoms with van der Waals surface area (Å²) in [5.41, 5.74) is 5.07. The molecule has 0 bridgehead atoms. The largest absolute Gasteiger partial charge is 0.366 e. The lowest BCUT2D eigenvalue weighted by Crippen LogP contribution is -2.41. The van der Waals surface area contributed by atoms with Crippen LogP contribution in [0.1, 0.15) is 42.5 Å². The molecule has 1 fully saturated rings. The third-order valence-electron chi connectivity index (χ3n) is 6.38. The van der Waals surface area contributed by atoms with E-state index in [9.17, 15) is 9.59 Å². The van der Waals surface area contributed by atoms with E-state index in [1.54, 1.807) is 12.1 Å². The first-order chi connectivity index (χ1) is 14.7. The van der Waals surface area contributed by atoms with Gasteiger partial charge in [-0.1, -0.05) is 55.8 Å². The molecule has 4 rings (SSSR count). The number of imide groups is 1. The van der Waals surface area contributed by atoms with Crippen LogP contribution in [-0.2, 0) is 16.1 Å². The first-order valence-electron chi connectivity index (χ1n) is 10.9. The maximum Gasteiger partial charge on any atom is 0.278 e. The molecule has 1 saturated heterocycles. The zero-order valence-corrected chi connectivity index (χ0v) is 19.4. The molecule has 2 aromatic carbocycles. The molecule has 2 aliphatic rings. The van der Waals surface area contributed by atoms with E-state index in [2.05, 4.69) is 25.7 Å². The van der Waals surface area contributed by atoms with Gasteiger partial charge in [-0.15, -0.1) is 0 Å². The first kappa shape index (κ1) is 21.6. The molecule has 2 unspecified atom stereocenters. The first-order valence-corrected chi connectivity index (χ1v) is 11.3. The van der Waals surface area contributed by atoms with E-state index in [0.717, 1.165) is 36.2 Å². The van der Waals surface area contributed by atoms with Crippen molar-refractivity contribution in [3.63, 3.8) is 0 Å². The van der Waals surface area contributed by atoms with Gasteiger partial charge in [0.25, 0.3) is 11.8 Å². The molecule has 0 N–H and O–H groups in total. The monoisotopic (exact) mass is 436 g/mol. The van der Waals surface area contributed by atoms with Crippen LogP contribution in [0.25, 0.3) is 5.57 Å². The number of carbonyl (C=O) groups is 2. The number of amides is 2. The summed E-state index contributed by atoms with van der Waals surface area (Å²) in [5.74, 6) is 0.537. The van der Waals surface area contributed by atoms with Crippen LogP contribution in [0.3, 0.4) is 0 Å². The Balaban J connectivity index is 1.76. The van der Waals surface area contributed by atoms with Crippen LogP contribution in [0.2, 0.25) is 5.02 Å². The van der Waals surface area contributed by atoms with Gasteiger partial charge < -0.3 is 4.90 Å². The second-order valence-electron chi connectivity index (χ2n) is 9.20. The quantitative estimate of drug-likeness (QED) is 0.617. The number of likely N-dealkylation sites (tertiary alicyclic amines) is 1. The van der Waals surface area contributed by atoms with E-state index in [0.29, 0.717) is 28.1 Å². The van der Waals surface area contributed by atoms with Crippen molar-refractivity contribution < 1.29 is 9.59 Å². The topological polar surface area (TPSA) is 40.6 Å². The molecule has 0 saturated carbocycles. The average Bonchev–Trinajstić information content (AvgIpc) is 2.95. The van der Waals surface area contributed by atoms with Crippen LogP contribution in [-0.4, -0.2) is 34.7 Å². The highest BCUT2D eigenvalue weighted by molar-refractivity contribution is 6.35.